The van der Waals surface area contributed by atoms with Gasteiger partial charge in [0.05, 0.1) is 12.2 Å². The summed E-state index contributed by atoms with van der Waals surface area (Å²) in [6, 6.07) is 10.6. The highest BCUT2D eigenvalue weighted by molar-refractivity contribution is 5.23. The first kappa shape index (κ1) is 17.7. The molecule has 0 spiro atoms. The van der Waals surface area contributed by atoms with Crippen molar-refractivity contribution >= 4 is 0 Å². The van der Waals surface area contributed by atoms with E-state index in [4.69, 9.17) is 4.74 Å². The number of hydrogen-bond donors (Lipinski definition) is 0. The smallest absolute Gasteiger partial charge is 0.0958 e. The maximum absolute atomic E-state index is 6.39. The number of unbranched alkanes of at least 4 members (excludes halogenated alkanes) is 2. The Morgan fingerprint density at radius 2 is 1.90 bits per heavy atom. The van der Waals surface area contributed by atoms with Crippen molar-refractivity contribution in [2.45, 2.75) is 52.1 Å². The van der Waals surface area contributed by atoms with E-state index < -0.39 is 0 Å². The van der Waals surface area contributed by atoms with Crippen LogP contribution in [0.4, 0.5) is 0 Å². The molecule has 0 radical (unpaired) electrons. The molecule has 0 fully saturated rings. The van der Waals surface area contributed by atoms with Gasteiger partial charge in [-0.15, -0.1) is 6.58 Å². The fourth-order valence-electron chi connectivity index (χ4n) is 2.74. The molecule has 0 heterocycles. The summed E-state index contributed by atoms with van der Waals surface area (Å²) in [7, 11) is 0. The molecule has 0 saturated carbocycles. The molecule has 1 rings (SSSR count). The molecule has 116 valence electrons. The van der Waals surface area contributed by atoms with E-state index in [0.717, 1.165) is 24.8 Å². The van der Waals surface area contributed by atoms with E-state index in [1.165, 1.54) is 12.0 Å². The lowest BCUT2D eigenvalue weighted by atomic mass is 9.79. The van der Waals surface area contributed by atoms with Gasteiger partial charge in [-0.3, -0.25) is 0 Å². The SMILES string of the molecule is C=CCCCCC(OCC(=C)C)(c1ccccc1)C(C)C. The summed E-state index contributed by atoms with van der Waals surface area (Å²) in [6.07, 6.45) is 6.42. The highest BCUT2D eigenvalue weighted by Crippen LogP contribution is 2.39. The maximum atomic E-state index is 6.39. The Morgan fingerprint density at radius 1 is 1.24 bits per heavy atom. The fraction of sp³-hybridized carbons (Fsp3) is 0.500. The monoisotopic (exact) mass is 286 g/mol. The predicted molar refractivity (Wildman–Crippen MR) is 92.4 cm³/mol. The maximum Gasteiger partial charge on any atom is 0.0958 e. The molecule has 0 aliphatic rings. The van der Waals surface area contributed by atoms with Crippen LogP contribution in [0, 0.1) is 5.92 Å². The molecule has 0 aliphatic carbocycles. The molecule has 1 aromatic rings. The largest absolute Gasteiger partial charge is 0.366 e. The van der Waals surface area contributed by atoms with Crippen molar-refractivity contribution < 1.29 is 4.74 Å². The van der Waals surface area contributed by atoms with E-state index in [-0.39, 0.29) is 5.60 Å². The van der Waals surface area contributed by atoms with Gasteiger partial charge in [-0.1, -0.05) is 62.4 Å². The molecule has 0 aromatic heterocycles. The van der Waals surface area contributed by atoms with Crippen molar-refractivity contribution in [2.75, 3.05) is 6.61 Å². The molecule has 0 saturated heterocycles. The van der Waals surface area contributed by atoms with Gasteiger partial charge in [-0.25, -0.2) is 0 Å². The fourth-order valence-corrected chi connectivity index (χ4v) is 2.74. The Kier molecular flexibility index (Phi) is 7.45. The molecule has 0 bridgehead atoms. The number of benzene rings is 1. The van der Waals surface area contributed by atoms with Gasteiger partial charge in [-0.05, 0) is 44.1 Å². The molecule has 0 N–H and O–H groups in total. The zero-order chi connectivity index (χ0) is 15.7. The first-order chi connectivity index (χ1) is 10.0. The highest BCUT2D eigenvalue weighted by atomic mass is 16.5. The van der Waals surface area contributed by atoms with Crippen molar-refractivity contribution in [1.82, 2.24) is 0 Å². The van der Waals surface area contributed by atoms with Crippen molar-refractivity contribution in [3.8, 4) is 0 Å². The molecule has 1 heteroatoms. The van der Waals surface area contributed by atoms with E-state index in [9.17, 15) is 0 Å². The average molecular weight is 286 g/mol. The minimum absolute atomic E-state index is 0.221. The Balaban J connectivity index is 2.98. The first-order valence-electron chi connectivity index (χ1n) is 7.97. The van der Waals surface area contributed by atoms with Gasteiger partial charge in [0.25, 0.3) is 0 Å². The van der Waals surface area contributed by atoms with E-state index in [1.807, 2.05) is 13.0 Å². The first-order valence-corrected chi connectivity index (χ1v) is 7.97. The molecule has 1 unspecified atom stereocenters. The molecule has 21 heavy (non-hydrogen) atoms. The average Bonchev–Trinajstić information content (AvgIpc) is 2.47. The second-order valence-corrected chi connectivity index (χ2v) is 6.19. The number of rotatable bonds is 10. The highest BCUT2D eigenvalue weighted by Gasteiger charge is 2.36. The van der Waals surface area contributed by atoms with Crippen molar-refractivity contribution in [2.24, 2.45) is 5.92 Å². The van der Waals surface area contributed by atoms with Gasteiger partial charge in [0.15, 0.2) is 0 Å². The lowest BCUT2D eigenvalue weighted by molar-refractivity contribution is -0.0824. The van der Waals surface area contributed by atoms with Gasteiger partial charge in [0, 0.05) is 0 Å². The van der Waals surface area contributed by atoms with Gasteiger partial charge < -0.3 is 4.74 Å². The van der Waals surface area contributed by atoms with Crippen LogP contribution in [0.5, 0.6) is 0 Å². The summed E-state index contributed by atoms with van der Waals surface area (Å²) >= 11 is 0. The van der Waals surface area contributed by atoms with Gasteiger partial charge in [0.1, 0.15) is 0 Å². The molecule has 1 atom stereocenters. The van der Waals surface area contributed by atoms with Crippen molar-refractivity contribution in [3.63, 3.8) is 0 Å². The molecule has 0 aliphatic heterocycles. The molecule has 0 amide bonds. The number of ether oxygens (including phenoxy) is 1. The Hall–Kier alpha value is -1.34. The van der Waals surface area contributed by atoms with Gasteiger partial charge >= 0.3 is 0 Å². The van der Waals surface area contributed by atoms with Crippen LogP contribution in [0.25, 0.3) is 0 Å². The summed E-state index contributed by atoms with van der Waals surface area (Å²) in [5.74, 6) is 0.419. The summed E-state index contributed by atoms with van der Waals surface area (Å²) in [5.41, 5.74) is 2.13. The summed E-state index contributed by atoms with van der Waals surface area (Å²) in [6.45, 7) is 14.9. The second kappa shape index (κ2) is 8.84. The summed E-state index contributed by atoms with van der Waals surface area (Å²) < 4.78 is 6.39. The molecular weight excluding hydrogens is 256 g/mol. The van der Waals surface area contributed by atoms with Crippen LogP contribution in [0.3, 0.4) is 0 Å². The Morgan fingerprint density at radius 3 is 2.43 bits per heavy atom. The zero-order valence-corrected chi connectivity index (χ0v) is 13.9. The summed E-state index contributed by atoms with van der Waals surface area (Å²) in [4.78, 5) is 0. The Labute approximate surface area is 130 Å². The second-order valence-electron chi connectivity index (χ2n) is 6.19. The standard InChI is InChI=1S/C20H30O/c1-6-7-8-12-15-20(18(4)5,21-16-17(2)3)19-13-10-9-11-14-19/h6,9-11,13-14,18H,1-2,7-8,12,15-16H2,3-5H3. The summed E-state index contributed by atoms with van der Waals surface area (Å²) in [5, 5.41) is 0. The molecular formula is C20H30O. The minimum Gasteiger partial charge on any atom is -0.366 e. The van der Waals surface area contributed by atoms with Crippen LogP contribution in [-0.4, -0.2) is 6.61 Å². The van der Waals surface area contributed by atoms with Gasteiger partial charge in [0.2, 0.25) is 0 Å². The third-order valence-corrected chi connectivity index (χ3v) is 3.98. The van der Waals surface area contributed by atoms with Crippen LogP contribution < -0.4 is 0 Å². The number of allylic oxidation sites excluding steroid dienone is 1. The van der Waals surface area contributed by atoms with E-state index >= 15 is 0 Å². The van der Waals surface area contributed by atoms with Crippen LogP contribution in [-0.2, 0) is 10.3 Å². The lowest BCUT2D eigenvalue weighted by Crippen LogP contribution is -2.36. The van der Waals surface area contributed by atoms with E-state index in [1.54, 1.807) is 0 Å². The van der Waals surface area contributed by atoms with E-state index in [2.05, 4.69) is 57.3 Å². The normalized spacial score (nSPS) is 13.9. The van der Waals surface area contributed by atoms with E-state index in [0.29, 0.717) is 12.5 Å². The third kappa shape index (κ3) is 5.17. The van der Waals surface area contributed by atoms with Crippen LogP contribution in [0.1, 0.15) is 52.0 Å². The lowest BCUT2D eigenvalue weighted by Gasteiger charge is -2.38. The quantitative estimate of drug-likeness (QED) is 0.385. The molecule has 1 nitrogen and oxygen atoms in total. The third-order valence-electron chi connectivity index (χ3n) is 3.98. The predicted octanol–water partition coefficient (Wildman–Crippen LogP) is 5.88. The van der Waals surface area contributed by atoms with Crippen LogP contribution in [0.2, 0.25) is 0 Å². The minimum atomic E-state index is -0.221. The Bertz CT molecular complexity index is 432. The topological polar surface area (TPSA) is 9.23 Å². The van der Waals surface area contributed by atoms with Gasteiger partial charge in [-0.2, -0.15) is 0 Å². The zero-order valence-electron chi connectivity index (χ0n) is 13.9. The van der Waals surface area contributed by atoms with Crippen LogP contribution >= 0.6 is 0 Å². The van der Waals surface area contributed by atoms with Crippen molar-refractivity contribution in [1.29, 1.82) is 0 Å². The van der Waals surface area contributed by atoms with Crippen molar-refractivity contribution in [3.05, 3.63) is 60.7 Å². The van der Waals surface area contributed by atoms with Crippen LogP contribution in [0.15, 0.2) is 55.1 Å². The molecule has 1 aromatic carbocycles. The number of hydrogen-bond acceptors (Lipinski definition) is 1.